The lowest BCUT2D eigenvalue weighted by atomic mass is 10.0. The number of urea groups is 1. The molecule has 2 aliphatic heterocycles. The van der Waals surface area contributed by atoms with Gasteiger partial charge in [0.2, 0.25) is 5.88 Å². The zero-order valence-electron chi connectivity index (χ0n) is 21.7. The van der Waals surface area contributed by atoms with E-state index in [0.717, 1.165) is 49.3 Å². The van der Waals surface area contributed by atoms with E-state index in [2.05, 4.69) is 22.4 Å². The van der Waals surface area contributed by atoms with Crippen molar-refractivity contribution >= 4 is 17.8 Å². The minimum atomic E-state index is -0.596. The molecule has 9 heteroatoms. The number of methoxy groups -OCH3 is 1. The molecule has 0 bridgehead atoms. The highest BCUT2D eigenvalue weighted by Gasteiger charge is 2.36. The standard InChI is InChI=1S/C27H37N5O4/c1-27(2,3)36-24(33)17-22(20-10-12-23(35-4)29-18-20)32-16-15-31(26(32)34)14-6-8-21-11-9-19-7-5-13-28-25(19)30-21/h9-12,18,22H,5-8,13-17H2,1-4H3,(H,28,30). The molecule has 4 heterocycles. The molecular formula is C27H37N5O4. The highest BCUT2D eigenvalue weighted by Crippen LogP contribution is 2.30. The van der Waals surface area contributed by atoms with E-state index in [1.165, 1.54) is 5.56 Å². The van der Waals surface area contributed by atoms with E-state index >= 15 is 0 Å². The number of ether oxygens (including phenoxy) is 2. The van der Waals surface area contributed by atoms with E-state index < -0.39 is 11.6 Å². The van der Waals surface area contributed by atoms with Crippen LogP contribution < -0.4 is 10.1 Å². The summed E-state index contributed by atoms with van der Waals surface area (Å²) in [5, 5.41) is 3.38. The number of carbonyl (C=O) groups excluding carboxylic acids is 2. The topological polar surface area (TPSA) is 96.9 Å². The van der Waals surface area contributed by atoms with Crippen molar-refractivity contribution in [1.29, 1.82) is 0 Å². The smallest absolute Gasteiger partial charge is 0.320 e. The highest BCUT2D eigenvalue weighted by atomic mass is 16.6. The van der Waals surface area contributed by atoms with E-state index in [1.807, 2.05) is 31.7 Å². The molecule has 1 atom stereocenters. The normalized spacial score (nSPS) is 16.4. The Bertz CT molecular complexity index is 1070. The van der Waals surface area contributed by atoms with E-state index in [1.54, 1.807) is 24.3 Å². The number of carbonyl (C=O) groups is 2. The third kappa shape index (κ3) is 6.44. The van der Waals surface area contributed by atoms with Gasteiger partial charge < -0.3 is 24.6 Å². The van der Waals surface area contributed by atoms with Crippen LogP contribution in [-0.4, -0.2) is 70.7 Å². The Labute approximate surface area is 213 Å². The molecule has 0 aromatic carbocycles. The van der Waals surface area contributed by atoms with Crippen molar-refractivity contribution in [2.45, 2.75) is 64.5 Å². The molecule has 4 rings (SSSR count). The molecule has 0 aliphatic carbocycles. The van der Waals surface area contributed by atoms with Gasteiger partial charge in [-0.25, -0.2) is 14.8 Å². The maximum Gasteiger partial charge on any atom is 0.320 e. The summed E-state index contributed by atoms with van der Waals surface area (Å²) in [5.41, 5.74) is 2.50. The highest BCUT2D eigenvalue weighted by molar-refractivity contribution is 5.78. The first kappa shape index (κ1) is 25.7. The summed E-state index contributed by atoms with van der Waals surface area (Å²) >= 11 is 0. The quantitative estimate of drug-likeness (QED) is 0.526. The summed E-state index contributed by atoms with van der Waals surface area (Å²) < 4.78 is 10.7. The fourth-order valence-corrected chi connectivity index (χ4v) is 4.72. The number of nitrogens with one attached hydrogen (secondary N) is 1. The van der Waals surface area contributed by atoms with Crippen molar-refractivity contribution < 1.29 is 19.1 Å². The van der Waals surface area contributed by atoms with E-state index in [-0.39, 0.29) is 18.4 Å². The summed E-state index contributed by atoms with van der Waals surface area (Å²) in [5.74, 6) is 1.14. The van der Waals surface area contributed by atoms with E-state index in [9.17, 15) is 9.59 Å². The Kier molecular flexibility index (Phi) is 7.96. The van der Waals surface area contributed by atoms with Gasteiger partial charge in [-0.2, -0.15) is 0 Å². The molecule has 1 saturated heterocycles. The maximum absolute atomic E-state index is 13.4. The monoisotopic (exact) mass is 495 g/mol. The molecule has 9 nitrogen and oxygen atoms in total. The van der Waals surface area contributed by atoms with Crippen molar-refractivity contribution in [3.8, 4) is 5.88 Å². The average molecular weight is 496 g/mol. The number of aromatic nitrogens is 2. The Morgan fingerprint density at radius 3 is 2.75 bits per heavy atom. The summed E-state index contributed by atoms with van der Waals surface area (Å²) in [6, 6.07) is 7.33. The van der Waals surface area contributed by atoms with Crippen molar-refractivity contribution in [3.63, 3.8) is 0 Å². The van der Waals surface area contributed by atoms with Gasteiger partial charge in [-0.15, -0.1) is 0 Å². The number of hydrogen-bond donors (Lipinski definition) is 1. The van der Waals surface area contributed by atoms with Crippen LogP contribution in [0.15, 0.2) is 30.5 Å². The number of amides is 2. The number of hydrogen-bond acceptors (Lipinski definition) is 7. The van der Waals surface area contributed by atoms with Gasteiger partial charge in [0.25, 0.3) is 0 Å². The van der Waals surface area contributed by atoms with Gasteiger partial charge in [0.1, 0.15) is 11.4 Å². The van der Waals surface area contributed by atoms with Crippen molar-refractivity contribution in [2.24, 2.45) is 0 Å². The zero-order valence-corrected chi connectivity index (χ0v) is 21.7. The number of aryl methyl sites for hydroxylation is 2. The van der Waals surface area contributed by atoms with Crippen molar-refractivity contribution in [3.05, 3.63) is 47.3 Å². The first-order valence-corrected chi connectivity index (χ1v) is 12.7. The number of pyridine rings is 2. The predicted octanol–water partition coefficient (Wildman–Crippen LogP) is 3.99. The molecule has 36 heavy (non-hydrogen) atoms. The zero-order chi connectivity index (χ0) is 25.7. The molecule has 2 aromatic heterocycles. The number of nitrogens with zero attached hydrogens (tertiary/aromatic N) is 4. The van der Waals surface area contributed by atoms with Crippen LogP contribution in [0.5, 0.6) is 5.88 Å². The molecule has 2 aliphatic rings. The Balaban J connectivity index is 1.40. The van der Waals surface area contributed by atoms with Gasteiger partial charge >= 0.3 is 12.0 Å². The number of fused-ring (bicyclic) bond motifs is 1. The third-order valence-electron chi connectivity index (χ3n) is 6.45. The van der Waals surface area contributed by atoms with Gasteiger partial charge in [-0.05, 0) is 63.6 Å². The molecule has 2 aromatic rings. The maximum atomic E-state index is 13.4. The minimum absolute atomic E-state index is 0.0664. The van der Waals surface area contributed by atoms with Gasteiger partial charge in [0.05, 0.1) is 19.6 Å². The van der Waals surface area contributed by atoms with Crippen molar-refractivity contribution in [2.75, 3.05) is 38.6 Å². The lowest BCUT2D eigenvalue weighted by Gasteiger charge is -2.29. The summed E-state index contributed by atoms with van der Waals surface area (Å²) in [7, 11) is 1.55. The van der Waals surface area contributed by atoms with Crippen LogP contribution in [0.4, 0.5) is 10.6 Å². The molecule has 0 radical (unpaired) electrons. The lowest BCUT2D eigenvalue weighted by molar-refractivity contribution is -0.156. The minimum Gasteiger partial charge on any atom is -0.481 e. The molecule has 1 N–H and O–H groups in total. The molecule has 0 saturated carbocycles. The fourth-order valence-electron chi connectivity index (χ4n) is 4.72. The van der Waals surface area contributed by atoms with Crippen LogP contribution in [0.3, 0.4) is 0 Å². The van der Waals surface area contributed by atoms with E-state index in [4.69, 9.17) is 14.5 Å². The first-order valence-electron chi connectivity index (χ1n) is 12.7. The Morgan fingerprint density at radius 1 is 1.19 bits per heavy atom. The summed E-state index contributed by atoms with van der Waals surface area (Å²) in [4.78, 5) is 38.8. The van der Waals surface area contributed by atoms with Crippen LogP contribution in [0, 0.1) is 0 Å². The van der Waals surface area contributed by atoms with Gasteiger partial charge in [-0.1, -0.05) is 12.1 Å². The average Bonchev–Trinajstić information content (AvgIpc) is 3.21. The number of rotatable bonds is 9. The third-order valence-corrected chi connectivity index (χ3v) is 6.45. The molecule has 2 amide bonds. The van der Waals surface area contributed by atoms with Gasteiger partial charge in [0, 0.05) is 44.1 Å². The lowest BCUT2D eigenvalue weighted by Crippen LogP contribution is -2.37. The molecule has 1 unspecified atom stereocenters. The van der Waals surface area contributed by atoms with Crippen molar-refractivity contribution in [1.82, 2.24) is 19.8 Å². The van der Waals surface area contributed by atoms with E-state index in [0.29, 0.717) is 25.5 Å². The van der Waals surface area contributed by atoms with Crippen LogP contribution in [-0.2, 0) is 22.4 Å². The molecule has 0 spiro atoms. The van der Waals surface area contributed by atoms with Crippen LogP contribution >= 0.6 is 0 Å². The fraction of sp³-hybridized carbons (Fsp3) is 0.556. The Hall–Kier alpha value is -3.36. The number of esters is 1. The number of anilines is 1. The van der Waals surface area contributed by atoms with Crippen LogP contribution in [0.2, 0.25) is 0 Å². The van der Waals surface area contributed by atoms with Gasteiger partial charge in [0.15, 0.2) is 0 Å². The Morgan fingerprint density at radius 2 is 2.03 bits per heavy atom. The molecular weight excluding hydrogens is 458 g/mol. The predicted molar refractivity (Wildman–Crippen MR) is 137 cm³/mol. The van der Waals surface area contributed by atoms with Crippen LogP contribution in [0.25, 0.3) is 0 Å². The van der Waals surface area contributed by atoms with Crippen LogP contribution in [0.1, 0.15) is 62.9 Å². The second kappa shape index (κ2) is 11.1. The molecule has 194 valence electrons. The summed E-state index contributed by atoms with van der Waals surface area (Å²) in [6.07, 6.45) is 5.58. The first-order chi connectivity index (χ1) is 17.2. The summed E-state index contributed by atoms with van der Waals surface area (Å²) in [6.45, 7) is 8.28. The van der Waals surface area contributed by atoms with Gasteiger partial charge in [-0.3, -0.25) is 4.79 Å². The second-order valence-corrected chi connectivity index (χ2v) is 10.3. The second-order valence-electron chi connectivity index (χ2n) is 10.3. The largest absolute Gasteiger partial charge is 0.481 e. The SMILES string of the molecule is COc1ccc(C(CC(=O)OC(C)(C)C)N2CCN(CCCc3ccc4c(n3)NCCC4)C2=O)cn1. The molecule has 1 fully saturated rings.